The van der Waals surface area contributed by atoms with Gasteiger partial charge in [0.15, 0.2) is 5.82 Å². The van der Waals surface area contributed by atoms with Crippen molar-refractivity contribution in [2.75, 3.05) is 7.05 Å². The largest absolute Gasteiger partial charge is 0.327 e. The Kier molecular flexibility index (Phi) is 3.83. The van der Waals surface area contributed by atoms with E-state index in [-0.39, 0.29) is 5.56 Å². The molecule has 0 aliphatic heterocycles. The third kappa shape index (κ3) is 2.75. The number of hydrogen-bond donors (Lipinski definition) is 2. The standard InChI is InChI=1S/C17H19N3OS2/c1-10-6-7-22-13(10)8-20(2)9-14-18-16(21)15-11-4-3-5-12(11)23-17(15)19-14/h6-7H,3-5,8-9H2,1-2H3,(H,18,19,21)/p+1. The lowest BCUT2D eigenvalue weighted by Gasteiger charge is -2.13. The van der Waals surface area contributed by atoms with Crippen molar-refractivity contribution in [1.82, 2.24) is 9.97 Å². The van der Waals surface area contributed by atoms with Crippen LogP contribution >= 0.6 is 22.7 Å². The zero-order valence-electron chi connectivity index (χ0n) is 13.4. The van der Waals surface area contributed by atoms with Crippen molar-refractivity contribution in [3.63, 3.8) is 0 Å². The summed E-state index contributed by atoms with van der Waals surface area (Å²) < 4.78 is 0. The van der Waals surface area contributed by atoms with Crippen LogP contribution in [0.25, 0.3) is 10.2 Å². The minimum Gasteiger partial charge on any atom is -0.327 e. The van der Waals surface area contributed by atoms with E-state index in [1.54, 1.807) is 22.7 Å². The van der Waals surface area contributed by atoms with Crippen molar-refractivity contribution in [2.45, 2.75) is 39.3 Å². The third-order valence-corrected chi connectivity index (χ3v) is 6.73. The van der Waals surface area contributed by atoms with Crippen LogP contribution < -0.4 is 10.5 Å². The zero-order chi connectivity index (χ0) is 16.0. The average Bonchev–Trinajstić information content (AvgIpc) is 3.15. The minimum absolute atomic E-state index is 0.0458. The van der Waals surface area contributed by atoms with E-state index in [1.807, 2.05) is 0 Å². The summed E-state index contributed by atoms with van der Waals surface area (Å²) in [6, 6.07) is 2.16. The molecule has 0 saturated carbocycles. The molecule has 4 nitrogen and oxygen atoms in total. The summed E-state index contributed by atoms with van der Waals surface area (Å²) in [6.07, 6.45) is 3.31. The molecule has 3 aromatic heterocycles. The first-order chi connectivity index (χ1) is 11.1. The highest BCUT2D eigenvalue weighted by molar-refractivity contribution is 7.18. The molecule has 0 saturated heterocycles. The van der Waals surface area contributed by atoms with Crippen molar-refractivity contribution >= 4 is 32.9 Å². The molecule has 1 atom stereocenters. The molecule has 4 rings (SSSR count). The molecule has 0 spiro atoms. The van der Waals surface area contributed by atoms with Crippen LogP contribution in [0.5, 0.6) is 0 Å². The van der Waals surface area contributed by atoms with Crippen LogP contribution in [0, 0.1) is 6.92 Å². The highest BCUT2D eigenvalue weighted by Crippen LogP contribution is 2.34. The van der Waals surface area contributed by atoms with Gasteiger partial charge in [-0.15, -0.1) is 22.7 Å². The lowest BCUT2D eigenvalue weighted by Crippen LogP contribution is -3.06. The number of aryl methyl sites for hydroxylation is 3. The Morgan fingerprint density at radius 1 is 1.35 bits per heavy atom. The summed E-state index contributed by atoms with van der Waals surface area (Å²) in [5, 5.41) is 2.98. The van der Waals surface area contributed by atoms with Gasteiger partial charge in [0, 0.05) is 4.88 Å². The van der Waals surface area contributed by atoms with Gasteiger partial charge in [0.05, 0.1) is 17.3 Å². The minimum atomic E-state index is 0.0458. The van der Waals surface area contributed by atoms with E-state index in [0.717, 1.165) is 42.0 Å². The van der Waals surface area contributed by atoms with E-state index in [9.17, 15) is 4.79 Å². The van der Waals surface area contributed by atoms with Gasteiger partial charge in [-0.2, -0.15) is 0 Å². The highest BCUT2D eigenvalue weighted by Gasteiger charge is 2.21. The number of nitrogens with one attached hydrogen (secondary N) is 2. The molecule has 0 amide bonds. The Morgan fingerprint density at radius 2 is 2.22 bits per heavy atom. The summed E-state index contributed by atoms with van der Waals surface area (Å²) in [6.45, 7) is 3.86. The van der Waals surface area contributed by atoms with Crippen molar-refractivity contribution < 1.29 is 4.90 Å². The lowest BCUT2D eigenvalue weighted by molar-refractivity contribution is -0.908. The monoisotopic (exact) mass is 346 g/mol. The quantitative estimate of drug-likeness (QED) is 0.760. The maximum absolute atomic E-state index is 12.5. The average molecular weight is 347 g/mol. The fourth-order valence-electron chi connectivity index (χ4n) is 3.34. The number of fused-ring (bicyclic) bond motifs is 3. The molecule has 1 aliphatic carbocycles. The number of aromatic amines is 1. The number of thiophene rings is 2. The topological polar surface area (TPSA) is 50.2 Å². The molecule has 6 heteroatoms. The fraction of sp³-hybridized carbons (Fsp3) is 0.412. The second kappa shape index (κ2) is 5.85. The molecule has 23 heavy (non-hydrogen) atoms. The van der Waals surface area contributed by atoms with Crippen LogP contribution in [0.3, 0.4) is 0 Å². The van der Waals surface area contributed by atoms with Crippen LogP contribution in [0.4, 0.5) is 0 Å². The molecule has 1 unspecified atom stereocenters. The van der Waals surface area contributed by atoms with Gasteiger partial charge in [0.2, 0.25) is 0 Å². The van der Waals surface area contributed by atoms with Gasteiger partial charge in [-0.3, -0.25) is 4.79 Å². The SMILES string of the molecule is Cc1ccsc1C[NH+](C)Cc1nc2sc3c(c2c(=O)[nH]1)CCC3. The summed E-state index contributed by atoms with van der Waals surface area (Å²) in [7, 11) is 2.15. The molecule has 1 aliphatic rings. The second-order valence-corrected chi connectivity index (χ2v) is 8.47. The van der Waals surface area contributed by atoms with E-state index in [0.29, 0.717) is 0 Å². The van der Waals surface area contributed by atoms with E-state index in [1.165, 1.54) is 32.2 Å². The zero-order valence-corrected chi connectivity index (χ0v) is 15.0. The van der Waals surface area contributed by atoms with Gasteiger partial charge in [-0.25, -0.2) is 4.98 Å². The van der Waals surface area contributed by atoms with Gasteiger partial charge in [0.1, 0.15) is 17.9 Å². The summed E-state index contributed by atoms with van der Waals surface area (Å²) in [5.74, 6) is 0.800. The molecule has 3 heterocycles. The molecule has 3 aromatic rings. The maximum Gasteiger partial charge on any atom is 0.260 e. The Bertz CT molecular complexity index is 922. The van der Waals surface area contributed by atoms with Crippen LogP contribution in [0.2, 0.25) is 0 Å². The van der Waals surface area contributed by atoms with Gasteiger partial charge >= 0.3 is 0 Å². The Balaban J connectivity index is 1.60. The summed E-state index contributed by atoms with van der Waals surface area (Å²) in [4.78, 5) is 25.3. The van der Waals surface area contributed by atoms with Gasteiger partial charge in [-0.05, 0) is 48.8 Å². The summed E-state index contributed by atoms with van der Waals surface area (Å²) in [5.41, 5.74) is 2.64. The number of quaternary nitrogens is 1. The number of H-pyrrole nitrogens is 1. The predicted molar refractivity (Wildman–Crippen MR) is 95.6 cm³/mol. The molecule has 2 N–H and O–H groups in total. The lowest BCUT2D eigenvalue weighted by atomic mass is 10.2. The van der Waals surface area contributed by atoms with E-state index in [2.05, 4.69) is 30.4 Å². The summed E-state index contributed by atoms with van der Waals surface area (Å²) >= 11 is 3.51. The first kappa shape index (κ1) is 15.1. The van der Waals surface area contributed by atoms with E-state index < -0.39 is 0 Å². The Hall–Kier alpha value is -1.50. The molecule has 0 aromatic carbocycles. The number of nitrogens with zero attached hydrogens (tertiary/aromatic N) is 1. The first-order valence-electron chi connectivity index (χ1n) is 7.99. The number of hydrogen-bond acceptors (Lipinski definition) is 4. The smallest absolute Gasteiger partial charge is 0.260 e. The van der Waals surface area contributed by atoms with Crippen molar-refractivity contribution in [2.24, 2.45) is 0 Å². The van der Waals surface area contributed by atoms with Gasteiger partial charge in [-0.1, -0.05) is 0 Å². The van der Waals surface area contributed by atoms with Crippen LogP contribution in [0.1, 0.15) is 33.1 Å². The van der Waals surface area contributed by atoms with Crippen LogP contribution in [0.15, 0.2) is 16.2 Å². The molecular formula is C17H20N3OS2+. The van der Waals surface area contributed by atoms with Gasteiger partial charge < -0.3 is 9.88 Å². The highest BCUT2D eigenvalue weighted by atomic mass is 32.1. The number of rotatable bonds is 4. The molecule has 0 bridgehead atoms. The second-order valence-electron chi connectivity index (χ2n) is 6.39. The Labute approximate surface area is 142 Å². The molecular weight excluding hydrogens is 326 g/mol. The molecule has 120 valence electrons. The van der Waals surface area contributed by atoms with Gasteiger partial charge in [0.25, 0.3) is 5.56 Å². The maximum atomic E-state index is 12.5. The predicted octanol–water partition coefficient (Wildman–Crippen LogP) is 2.06. The normalized spacial score (nSPS) is 15.2. The van der Waals surface area contributed by atoms with Crippen molar-refractivity contribution in [1.29, 1.82) is 0 Å². The van der Waals surface area contributed by atoms with Crippen molar-refractivity contribution in [3.05, 3.63) is 48.5 Å². The van der Waals surface area contributed by atoms with E-state index in [4.69, 9.17) is 4.98 Å². The third-order valence-electron chi connectivity index (χ3n) is 4.52. The van der Waals surface area contributed by atoms with Crippen LogP contribution in [-0.2, 0) is 25.9 Å². The van der Waals surface area contributed by atoms with Crippen LogP contribution in [-0.4, -0.2) is 17.0 Å². The Morgan fingerprint density at radius 3 is 3.00 bits per heavy atom. The van der Waals surface area contributed by atoms with E-state index >= 15 is 0 Å². The van der Waals surface area contributed by atoms with Crippen molar-refractivity contribution in [3.8, 4) is 0 Å². The molecule has 0 radical (unpaired) electrons. The fourth-order valence-corrected chi connectivity index (χ4v) is 5.64. The number of aromatic nitrogens is 2. The molecule has 0 fully saturated rings. The first-order valence-corrected chi connectivity index (χ1v) is 9.69.